The van der Waals surface area contributed by atoms with Gasteiger partial charge in [0.15, 0.2) is 0 Å². The zero-order chi connectivity index (χ0) is 19.2. The van der Waals surface area contributed by atoms with Crippen LogP contribution in [0, 0.1) is 0 Å². The van der Waals surface area contributed by atoms with E-state index in [0.717, 1.165) is 5.56 Å². The zero-order valence-corrected chi connectivity index (χ0v) is 15.4. The average Bonchev–Trinajstić information content (AvgIpc) is 2.59. The van der Waals surface area contributed by atoms with Crippen molar-refractivity contribution >= 4 is 17.7 Å². The maximum atomic E-state index is 12.0. The summed E-state index contributed by atoms with van der Waals surface area (Å²) in [6, 6.07) is 14.2. The summed E-state index contributed by atoms with van der Waals surface area (Å²) in [5, 5.41) is 2.65. The number of ether oxygens (including phenoxy) is 3. The molecule has 0 unspecified atom stereocenters. The Morgan fingerprint density at radius 1 is 1.04 bits per heavy atom. The molecular weight excluding hydrogens is 334 g/mol. The number of nitrogens with one attached hydrogen (secondary N) is 1. The van der Waals surface area contributed by atoms with Crippen LogP contribution < -0.4 is 10.1 Å². The molecule has 6 heteroatoms. The molecule has 26 heavy (non-hydrogen) atoms. The van der Waals surface area contributed by atoms with E-state index < -0.39 is 17.7 Å². The van der Waals surface area contributed by atoms with Gasteiger partial charge in [-0.3, -0.25) is 5.32 Å². The van der Waals surface area contributed by atoms with Crippen LogP contribution in [-0.2, 0) is 16.1 Å². The van der Waals surface area contributed by atoms with Gasteiger partial charge < -0.3 is 14.2 Å². The highest BCUT2D eigenvalue weighted by atomic mass is 16.6. The SMILES string of the molecule is COC(=O)c1ccc(NC(=O)OC(C)(C)C)c(OCc2ccccc2)c1. The summed E-state index contributed by atoms with van der Waals surface area (Å²) >= 11 is 0. The van der Waals surface area contributed by atoms with Crippen molar-refractivity contribution < 1.29 is 23.8 Å². The number of anilines is 1. The van der Waals surface area contributed by atoms with Gasteiger partial charge in [-0.15, -0.1) is 0 Å². The fourth-order valence-corrected chi connectivity index (χ4v) is 2.14. The molecule has 6 nitrogen and oxygen atoms in total. The van der Waals surface area contributed by atoms with Crippen LogP contribution in [0.1, 0.15) is 36.7 Å². The number of hydrogen-bond acceptors (Lipinski definition) is 5. The highest BCUT2D eigenvalue weighted by Crippen LogP contribution is 2.28. The molecule has 0 spiro atoms. The van der Waals surface area contributed by atoms with Crippen LogP contribution >= 0.6 is 0 Å². The standard InChI is InChI=1S/C20H23NO5/c1-20(2,3)26-19(23)21-16-11-10-15(18(22)24-4)12-17(16)25-13-14-8-6-5-7-9-14/h5-12H,13H2,1-4H3,(H,21,23). The Kier molecular flexibility index (Phi) is 6.22. The summed E-state index contributed by atoms with van der Waals surface area (Å²) in [6.07, 6.45) is -0.604. The number of carbonyl (C=O) groups excluding carboxylic acids is 2. The summed E-state index contributed by atoms with van der Waals surface area (Å²) in [5.74, 6) is -0.138. The largest absolute Gasteiger partial charge is 0.487 e. The molecule has 0 atom stereocenters. The molecule has 0 heterocycles. The van der Waals surface area contributed by atoms with Gasteiger partial charge in [0, 0.05) is 0 Å². The lowest BCUT2D eigenvalue weighted by atomic mass is 10.2. The van der Waals surface area contributed by atoms with Crippen LogP contribution in [0.5, 0.6) is 5.75 Å². The van der Waals surface area contributed by atoms with Gasteiger partial charge in [0.2, 0.25) is 0 Å². The third kappa shape index (κ3) is 5.81. The van der Waals surface area contributed by atoms with Crippen molar-refractivity contribution in [1.29, 1.82) is 0 Å². The summed E-state index contributed by atoms with van der Waals surface area (Å²) in [7, 11) is 1.31. The number of amides is 1. The molecule has 0 aromatic heterocycles. The molecule has 1 amide bonds. The molecule has 2 aromatic carbocycles. The van der Waals surface area contributed by atoms with Crippen molar-refractivity contribution in [3.05, 3.63) is 59.7 Å². The summed E-state index contributed by atoms with van der Waals surface area (Å²) < 4.78 is 15.8. The van der Waals surface area contributed by atoms with E-state index in [1.807, 2.05) is 30.3 Å². The van der Waals surface area contributed by atoms with Crippen LogP contribution in [0.3, 0.4) is 0 Å². The molecule has 2 rings (SSSR count). The molecule has 0 saturated carbocycles. The minimum atomic E-state index is -0.624. The Morgan fingerprint density at radius 2 is 1.73 bits per heavy atom. The molecule has 0 aliphatic rings. The number of benzene rings is 2. The van der Waals surface area contributed by atoms with Gasteiger partial charge in [-0.2, -0.15) is 0 Å². The van der Waals surface area contributed by atoms with Crippen molar-refractivity contribution in [3.8, 4) is 5.75 Å². The third-order valence-electron chi connectivity index (χ3n) is 3.28. The smallest absolute Gasteiger partial charge is 0.412 e. The van der Waals surface area contributed by atoms with Crippen LogP contribution in [0.2, 0.25) is 0 Å². The van der Waals surface area contributed by atoms with Gasteiger partial charge in [0.05, 0.1) is 18.4 Å². The first kappa shape index (κ1) is 19.3. The van der Waals surface area contributed by atoms with Crippen LogP contribution in [-0.4, -0.2) is 24.8 Å². The fraction of sp³-hybridized carbons (Fsp3) is 0.300. The monoisotopic (exact) mass is 357 g/mol. The number of methoxy groups -OCH3 is 1. The van der Waals surface area contributed by atoms with Gasteiger partial charge >= 0.3 is 12.1 Å². The van der Waals surface area contributed by atoms with Gasteiger partial charge in [0.1, 0.15) is 18.0 Å². The first-order valence-corrected chi connectivity index (χ1v) is 8.17. The van der Waals surface area contributed by atoms with Crippen LogP contribution in [0.25, 0.3) is 0 Å². The Labute approximate surface area is 153 Å². The van der Waals surface area contributed by atoms with Gasteiger partial charge in [0.25, 0.3) is 0 Å². The molecular formula is C20H23NO5. The van der Waals surface area contributed by atoms with E-state index in [1.165, 1.54) is 13.2 Å². The molecule has 0 fully saturated rings. The van der Waals surface area contributed by atoms with Gasteiger partial charge in [-0.25, -0.2) is 9.59 Å². The number of carbonyl (C=O) groups is 2. The van der Waals surface area contributed by atoms with E-state index in [-0.39, 0.29) is 6.61 Å². The van der Waals surface area contributed by atoms with Gasteiger partial charge in [-0.1, -0.05) is 30.3 Å². The number of esters is 1. The predicted octanol–water partition coefficient (Wildman–Crippen LogP) is 4.40. The average molecular weight is 357 g/mol. The molecule has 0 aliphatic carbocycles. The molecule has 138 valence electrons. The first-order valence-electron chi connectivity index (χ1n) is 8.17. The highest BCUT2D eigenvalue weighted by molar-refractivity contribution is 5.93. The minimum Gasteiger partial charge on any atom is -0.487 e. The maximum absolute atomic E-state index is 12.0. The number of rotatable bonds is 5. The van der Waals surface area contributed by atoms with Crippen molar-refractivity contribution in [3.63, 3.8) is 0 Å². The molecule has 0 saturated heterocycles. The Balaban J connectivity index is 2.22. The zero-order valence-electron chi connectivity index (χ0n) is 15.4. The highest BCUT2D eigenvalue weighted by Gasteiger charge is 2.18. The van der Waals surface area contributed by atoms with E-state index in [9.17, 15) is 9.59 Å². The normalized spacial score (nSPS) is 10.8. The summed E-state index contributed by atoms with van der Waals surface area (Å²) in [6.45, 7) is 5.62. The van der Waals surface area contributed by atoms with Gasteiger partial charge in [-0.05, 0) is 44.5 Å². The topological polar surface area (TPSA) is 73.9 Å². The first-order chi connectivity index (χ1) is 12.3. The second kappa shape index (κ2) is 8.38. The molecule has 1 N–H and O–H groups in total. The van der Waals surface area contributed by atoms with E-state index in [2.05, 4.69) is 5.32 Å². The number of hydrogen-bond donors (Lipinski definition) is 1. The molecule has 0 aliphatic heterocycles. The Morgan fingerprint density at radius 3 is 2.35 bits per heavy atom. The van der Waals surface area contributed by atoms with Crippen molar-refractivity contribution in [2.45, 2.75) is 33.0 Å². The molecule has 0 bridgehead atoms. The molecule has 2 aromatic rings. The summed E-state index contributed by atoms with van der Waals surface area (Å²) in [4.78, 5) is 23.8. The minimum absolute atomic E-state index is 0.286. The van der Waals surface area contributed by atoms with Crippen molar-refractivity contribution in [1.82, 2.24) is 0 Å². The van der Waals surface area contributed by atoms with Crippen LogP contribution in [0.15, 0.2) is 48.5 Å². The lowest BCUT2D eigenvalue weighted by Crippen LogP contribution is -2.27. The second-order valence-corrected chi connectivity index (χ2v) is 6.60. The van der Waals surface area contributed by atoms with Crippen molar-refractivity contribution in [2.24, 2.45) is 0 Å². The molecule has 0 radical (unpaired) electrons. The van der Waals surface area contributed by atoms with E-state index in [0.29, 0.717) is 17.0 Å². The van der Waals surface area contributed by atoms with Crippen molar-refractivity contribution in [2.75, 3.05) is 12.4 Å². The lowest BCUT2D eigenvalue weighted by molar-refractivity contribution is 0.0598. The Bertz CT molecular complexity index is 766. The van der Waals surface area contributed by atoms with Crippen LogP contribution in [0.4, 0.5) is 10.5 Å². The predicted molar refractivity (Wildman–Crippen MR) is 98.4 cm³/mol. The summed E-state index contributed by atoms with van der Waals surface area (Å²) in [5.41, 5.74) is 1.06. The third-order valence-corrected chi connectivity index (χ3v) is 3.28. The maximum Gasteiger partial charge on any atom is 0.412 e. The fourth-order valence-electron chi connectivity index (χ4n) is 2.14. The Hall–Kier alpha value is -3.02. The quantitative estimate of drug-likeness (QED) is 0.803. The van der Waals surface area contributed by atoms with E-state index in [4.69, 9.17) is 14.2 Å². The van der Waals surface area contributed by atoms with E-state index >= 15 is 0 Å². The lowest BCUT2D eigenvalue weighted by Gasteiger charge is -2.20. The van der Waals surface area contributed by atoms with E-state index in [1.54, 1.807) is 32.9 Å². The second-order valence-electron chi connectivity index (χ2n) is 6.60.